The Bertz CT molecular complexity index is 796. The van der Waals surface area contributed by atoms with Gasteiger partial charge in [0.15, 0.2) is 0 Å². The van der Waals surface area contributed by atoms with Gasteiger partial charge in [-0.2, -0.15) is 0 Å². The second-order valence-corrected chi connectivity index (χ2v) is 4.67. The molecule has 0 spiro atoms. The van der Waals surface area contributed by atoms with Gasteiger partial charge < -0.3 is 9.72 Å². The average Bonchev–Trinajstić information content (AvgIpc) is 2.85. The summed E-state index contributed by atoms with van der Waals surface area (Å²) in [6, 6.07) is 12.5. The van der Waals surface area contributed by atoms with Crippen molar-refractivity contribution in [1.82, 2.24) is 4.98 Å². The van der Waals surface area contributed by atoms with Crippen LogP contribution in [0.15, 0.2) is 55.1 Å². The molecule has 0 bridgehead atoms. The highest BCUT2D eigenvalue weighted by Crippen LogP contribution is 2.33. The normalized spacial score (nSPS) is 11.4. The SMILES string of the molecule is C=CCOc1ccc2c([nH]c3ccccc32)c1/C=C/C. The van der Waals surface area contributed by atoms with Crippen LogP contribution in [0.2, 0.25) is 0 Å². The highest BCUT2D eigenvalue weighted by Gasteiger charge is 2.10. The second-order valence-electron chi connectivity index (χ2n) is 4.67. The van der Waals surface area contributed by atoms with Crippen LogP contribution < -0.4 is 4.74 Å². The maximum atomic E-state index is 5.75. The summed E-state index contributed by atoms with van der Waals surface area (Å²) in [5.74, 6) is 0.877. The van der Waals surface area contributed by atoms with E-state index in [0.717, 1.165) is 22.3 Å². The Kier molecular flexibility index (Phi) is 3.30. The number of nitrogens with one attached hydrogen (secondary N) is 1. The zero-order valence-electron chi connectivity index (χ0n) is 11.5. The largest absolute Gasteiger partial charge is 0.489 e. The van der Waals surface area contributed by atoms with E-state index in [9.17, 15) is 0 Å². The molecule has 3 rings (SSSR count). The van der Waals surface area contributed by atoms with Crippen LogP contribution >= 0.6 is 0 Å². The van der Waals surface area contributed by atoms with Crippen LogP contribution in [0.5, 0.6) is 5.75 Å². The number of fused-ring (bicyclic) bond motifs is 3. The van der Waals surface area contributed by atoms with Crippen LogP contribution in [-0.4, -0.2) is 11.6 Å². The van der Waals surface area contributed by atoms with E-state index < -0.39 is 0 Å². The summed E-state index contributed by atoms with van der Waals surface area (Å²) in [5.41, 5.74) is 3.35. The second kappa shape index (κ2) is 5.25. The maximum Gasteiger partial charge on any atom is 0.129 e. The van der Waals surface area contributed by atoms with Crippen molar-refractivity contribution in [3.05, 3.63) is 60.7 Å². The molecule has 0 unspecified atom stereocenters. The van der Waals surface area contributed by atoms with Crippen molar-refractivity contribution in [3.63, 3.8) is 0 Å². The number of allylic oxidation sites excluding steroid dienone is 1. The molecule has 2 nitrogen and oxygen atoms in total. The van der Waals surface area contributed by atoms with Crippen molar-refractivity contribution in [2.75, 3.05) is 6.61 Å². The smallest absolute Gasteiger partial charge is 0.129 e. The predicted octanol–water partition coefficient (Wildman–Crippen LogP) is 4.92. The number of hydrogen-bond donors (Lipinski definition) is 1. The molecule has 0 saturated heterocycles. The number of aromatic amines is 1. The van der Waals surface area contributed by atoms with E-state index in [4.69, 9.17) is 4.74 Å². The predicted molar refractivity (Wildman–Crippen MR) is 86.2 cm³/mol. The Morgan fingerprint density at radius 3 is 2.80 bits per heavy atom. The molecule has 1 aromatic heterocycles. The van der Waals surface area contributed by atoms with E-state index in [-0.39, 0.29) is 0 Å². The summed E-state index contributed by atoms with van der Waals surface area (Å²) in [5, 5.41) is 2.46. The van der Waals surface area contributed by atoms with Gasteiger partial charge in [0.1, 0.15) is 12.4 Å². The number of hydrogen-bond acceptors (Lipinski definition) is 1. The van der Waals surface area contributed by atoms with Crippen LogP contribution in [0.25, 0.3) is 27.9 Å². The van der Waals surface area contributed by atoms with Crippen molar-refractivity contribution >= 4 is 27.9 Å². The number of rotatable bonds is 4. The molecule has 100 valence electrons. The number of H-pyrrole nitrogens is 1. The molecule has 2 aromatic carbocycles. The molecule has 0 aliphatic carbocycles. The van der Waals surface area contributed by atoms with E-state index in [1.54, 1.807) is 6.08 Å². The van der Waals surface area contributed by atoms with Crippen LogP contribution in [-0.2, 0) is 0 Å². The summed E-state index contributed by atoms with van der Waals surface area (Å²) in [4.78, 5) is 3.49. The van der Waals surface area contributed by atoms with Crippen molar-refractivity contribution in [1.29, 1.82) is 0 Å². The monoisotopic (exact) mass is 263 g/mol. The molecule has 2 heteroatoms. The zero-order valence-corrected chi connectivity index (χ0v) is 11.5. The van der Waals surface area contributed by atoms with Gasteiger partial charge in [-0.25, -0.2) is 0 Å². The van der Waals surface area contributed by atoms with Gasteiger partial charge in [0.25, 0.3) is 0 Å². The lowest BCUT2D eigenvalue weighted by atomic mass is 10.1. The molecule has 1 heterocycles. The zero-order chi connectivity index (χ0) is 13.9. The fraction of sp³-hybridized carbons (Fsp3) is 0.111. The van der Waals surface area contributed by atoms with E-state index in [1.165, 1.54) is 10.8 Å². The molecular formula is C18H17NO. The third kappa shape index (κ3) is 1.99. The number of aromatic nitrogens is 1. The maximum absolute atomic E-state index is 5.75. The Hall–Kier alpha value is -2.48. The molecule has 0 radical (unpaired) electrons. The summed E-state index contributed by atoms with van der Waals surface area (Å²) in [7, 11) is 0. The Morgan fingerprint density at radius 1 is 1.15 bits per heavy atom. The molecule has 3 aromatic rings. The first-order valence-corrected chi connectivity index (χ1v) is 6.75. The van der Waals surface area contributed by atoms with Crippen molar-refractivity contribution in [2.45, 2.75) is 6.92 Å². The van der Waals surface area contributed by atoms with Crippen molar-refractivity contribution in [3.8, 4) is 5.75 Å². The lowest BCUT2D eigenvalue weighted by Gasteiger charge is -2.08. The van der Waals surface area contributed by atoms with Crippen LogP contribution in [0, 0.1) is 0 Å². The van der Waals surface area contributed by atoms with E-state index in [0.29, 0.717) is 6.61 Å². The summed E-state index contributed by atoms with van der Waals surface area (Å²) in [6.45, 7) is 6.22. The summed E-state index contributed by atoms with van der Waals surface area (Å²) >= 11 is 0. The van der Waals surface area contributed by atoms with Gasteiger partial charge in [-0.3, -0.25) is 0 Å². The first-order valence-electron chi connectivity index (χ1n) is 6.75. The highest BCUT2D eigenvalue weighted by atomic mass is 16.5. The fourth-order valence-electron chi connectivity index (χ4n) is 2.53. The summed E-state index contributed by atoms with van der Waals surface area (Å²) in [6.07, 6.45) is 5.87. The van der Waals surface area contributed by atoms with E-state index in [2.05, 4.69) is 41.9 Å². The average molecular weight is 263 g/mol. The first-order chi connectivity index (χ1) is 9.85. The minimum Gasteiger partial charge on any atom is -0.489 e. The topological polar surface area (TPSA) is 25.0 Å². The van der Waals surface area contributed by atoms with Gasteiger partial charge in [-0.1, -0.05) is 43.0 Å². The van der Waals surface area contributed by atoms with Crippen LogP contribution in [0.3, 0.4) is 0 Å². The quantitative estimate of drug-likeness (QED) is 0.664. The minimum atomic E-state index is 0.510. The van der Waals surface area contributed by atoms with Crippen LogP contribution in [0.4, 0.5) is 0 Å². The minimum absolute atomic E-state index is 0.510. The van der Waals surface area contributed by atoms with Gasteiger partial charge in [0.05, 0.1) is 5.52 Å². The van der Waals surface area contributed by atoms with Crippen LogP contribution in [0.1, 0.15) is 12.5 Å². The van der Waals surface area contributed by atoms with E-state index in [1.807, 2.05) is 25.1 Å². The fourth-order valence-corrected chi connectivity index (χ4v) is 2.53. The molecule has 0 fully saturated rings. The standard InChI is InChI=1S/C18H17NO/c1-3-7-15-17(20-12-4-2)11-10-14-13-8-5-6-9-16(13)19-18(14)15/h3-11,19H,2,12H2,1H3/b7-3+. The van der Waals surface area contributed by atoms with Crippen molar-refractivity contribution in [2.24, 2.45) is 0 Å². The molecule has 0 amide bonds. The number of benzene rings is 2. The Labute approximate surface area is 118 Å². The third-order valence-electron chi connectivity index (χ3n) is 3.37. The van der Waals surface area contributed by atoms with Gasteiger partial charge in [0.2, 0.25) is 0 Å². The van der Waals surface area contributed by atoms with E-state index >= 15 is 0 Å². The number of para-hydroxylation sites is 1. The molecule has 0 atom stereocenters. The van der Waals surface area contributed by atoms with Gasteiger partial charge >= 0.3 is 0 Å². The lowest BCUT2D eigenvalue weighted by Crippen LogP contribution is -1.95. The van der Waals surface area contributed by atoms with Gasteiger partial charge in [-0.15, -0.1) is 0 Å². The van der Waals surface area contributed by atoms with Gasteiger partial charge in [-0.05, 0) is 25.1 Å². The van der Waals surface area contributed by atoms with Crippen molar-refractivity contribution < 1.29 is 4.74 Å². The molecular weight excluding hydrogens is 246 g/mol. The third-order valence-corrected chi connectivity index (χ3v) is 3.37. The molecule has 0 saturated carbocycles. The summed E-state index contributed by atoms with van der Waals surface area (Å²) < 4.78 is 5.75. The first kappa shape index (κ1) is 12.5. The van der Waals surface area contributed by atoms with Gasteiger partial charge in [0, 0.05) is 21.9 Å². The Balaban J connectivity index is 2.30. The molecule has 0 aliphatic heterocycles. The molecule has 20 heavy (non-hydrogen) atoms. The molecule has 0 aliphatic rings. The lowest BCUT2D eigenvalue weighted by molar-refractivity contribution is 0.363. The Morgan fingerprint density at radius 2 is 2.00 bits per heavy atom. The highest BCUT2D eigenvalue weighted by molar-refractivity contribution is 6.10. The molecule has 1 N–H and O–H groups in total. The number of ether oxygens (including phenoxy) is 1.